The van der Waals surface area contributed by atoms with Crippen LogP contribution in [-0.2, 0) is 17.6 Å². The van der Waals surface area contributed by atoms with E-state index in [0.29, 0.717) is 30.1 Å². The van der Waals surface area contributed by atoms with Crippen molar-refractivity contribution < 1.29 is 9.53 Å². The molecule has 5 nitrogen and oxygen atoms in total. The maximum atomic E-state index is 13.0. The Morgan fingerprint density at radius 2 is 1.28 bits per heavy atom. The number of fused-ring (bicyclic) bond motifs is 1. The number of benzene rings is 3. The summed E-state index contributed by atoms with van der Waals surface area (Å²) < 4.78 is 7.96. The van der Waals surface area contributed by atoms with Gasteiger partial charge in [-0.15, -0.1) is 0 Å². The fraction of sp³-hybridized carbons (Fsp3) is 0.194. The first-order valence-corrected chi connectivity index (χ1v) is 12.1. The Kier molecular flexibility index (Phi) is 6.38. The van der Waals surface area contributed by atoms with Crippen LogP contribution in [0.1, 0.15) is 43.3 Å². The third-order valence-corrected chi connectivity index (χ3v) is 6.00. The first-order chi connectivity index (χ1) is 17.4. The number of imidazole rings is 1. The van der Waals surface area contributed by atoms with Crippen molar-refractivity contribution in [1.82, 2.24) is 14.4 Å². The topological polar surface area (TPSA) is 56.5 Å². The number of hydrogen-bond acceptors (Lipinski definition) is 4. The van der Waals surface area contributed by atoms with Crippen LogP contribution in [-0.4, -0.2) is 20.3 Å². The summed E-state index contributed by atoms with van der Waals surface area (Å²) in [5.74, 6) is 0.143. The van der Waals surface area contributed by atoms with Gasteiger partial charge in [0.05, 0.1) is 16.8 Å². The maximum absolute atomic E-state index is 13.0. The van der Waals surface area contributed by atoms with Crippen molar-refractivity contribution in [3.63, 3.8) is 0 Å². The number of esters is 1. The van der Waals surface area contributed by atoms with Crippen molar-refractivity contribution in [1.29, 1.82) is 0 Å². The van der Waals surface area contributed by atoms with E-state index in [0.717, 1.165) is 28.1 Å². The summed E-state index contributed by atoms with van der Waals surface area (Å²) in [5, 5.41) is 0. The van der Waals surface area contributed by atoms with Crippen LogP contribution < -0.4 is 4.74 Å². The van der Waals surface area contributed by atoms with Crippen molar-refractivity contribution in [3.05, 3.63) is 120 Å². The lowest BCUT2D eigenvalue weighted by molar-refractivity contribution is -0.143. The Balaban J connectivity index is 1.72. The number of hydrogen-bond donors (Lipinski definition) is 0. The van der Waals surface area contributed by atoms with Gasteiger partial charge in [-0.05, 0) is 31.9 Å². The number of carbonyl (C=O) groups excluding carboxylic acids is 1. The molecule has 5 heteroatoms. The SMILES string of the molecule is CC(C)(C)C(=O)Oc1c(Cc2ccccc2)nc2c(Cc3ccccc3)nc(-c3ccccc3)cn12. The molecule has 2 aromatic heterocycles. The van der Waals surface area contributed by atoms with Gasteiger partial charge in [0.15, 0.2) is 5.65 Å². The minimum absolute atomic E-state index is 0.304. The molecule has 0 saturated heterocycles. The summed E-state index contributed by atoms with van der Waals surface area (Å²) in [5.41, 5.74) is 5.59. The van der Waals surface area contributed by atoms with E-state index in [1.54, 1.807) is 0 Å². The van der Waals surface area contributed by atoms with Gasteiger partial charge in [0.25, 0.3) is 0 Å². The molecule has 2 heterocycles. The molecule has 0 aliphatic heterocycles. The quantitative estimate of drug-likeness (QED) is 0.262. The Labute approximate surface area is 211 Å². The van der Waals surface area contributed by atoms with E-state index >= 15 is 0 Å². The molecule has 5 aromatic rings. The number of aromatic nitrogens is 3. The van der Waals surface area contributed by atoms with Crippen molar-refractivity contribution >= 4 is 11.6 Å². The highest BCUT2D eigenvalue weighted by Crippen LogP contribution is 2.30. The highest BCUT2D eigenvalue weighted by molar-refractivity contribution is 5.78. The molecule has 0 N–H and O–H groups in total. The standard InChI is InChI=1S/C31H29N3O2/c1-31(2,3)30(35)36-29-26(20-23-15-9-5-10-16-23)33-28-25(19-22-13-7-4-8-14-22)32-27(21-34(28)29)24-17-11-6-12-18-24/h4-18,21H,19-20H2,1-3H3. The summed E-state index contributed by atoms with van der Waals surface area (Å²) in [7, 11) is 0. The van der Waals surface area contributed by atoms with Gasteiger partial charge in [-0.3, -0.25) is 9.20 Å². The van der Waals surface area contributed by atoms with E-state index in [2.05, 4.69) is 24.3 Å². The second-order valence-corrected chi connectivity index (χ2v) is 9.96. The highest BCUT2D eigenvalue weighted by Gasteiger charge is 2.28. The molecule has 0 unspecified atom stereocenters. The molecule has 0 amide bonds. The lowest BCUT2D eigenvalue weighted by Crippen LogP contribution is -2.26. The van der Waals surface area contributed by atoms with Crippen LogP contribution in [0.2, 0.25) is 0 Å². The van der Waals surface area contributed by atoms with E-state index in [-0.39, 0.29) is 5.97 Å². The zero-order chi connectivity index (χ0) is 25.1. The minimum atomic E-state index is -0.656. The summed E-state index contributed by atoms with van der Waals surface area (Å²) in [6.07, 6.45) is 3.08. The molecule has 5 rings (SSSR count). The molecule has 0 aliphatic rings. The number of nitrogens with zero attached hydrogens (tertiary/aromatic N) is 3. The van der Waals surface area contributed by atoms with Crippen molar-refractivity contribution in [2.45, 2.75) is 33.6 Å². The summed E-state index contributed by atoms with van der Waals surface area (Å²) in [6.45, 7) is 5.56. The van der Waals surface area contributed by atoms with Gasteiger partial charge in [-0.1, -0.05) is 91.0 Å². The average molecular weight is 476 g/mol. The summed E-state index contributed by atoms with van der Waals surface area (Å²) in [4.78, 5) is 23.1. The molecule has 180 valence electrons. The molecule has 36 heavy (non-hydrogen) atoms. The summed E-state index contributed by atoms with van der Waals surface area (Å²) in [6, 6.07) is 30.4. The molecular formula is C31H29N3O2. The van der Waals surface area contributed by atoms with Crippen LogP contribution >= 0.6 is 0 Å². The van der Waals surface area contributed by atoms with E-state index in [1.165, 1.54) is 0 Å². The molecular weight excluding hydrogens is 446 g/mol. The van der Waals surface area contributed by atoms with Gasteiger partial charge in [-0.25, -0.2) is 9.97 Å². The third kappa shape index (κ3) is 5.05. The van der Waals surface area contributed by atoms with Crippen LogP contribution in [0.15, 0.2) is 97.2 Å². The fourth-order valence-corrected chi connectivity index (χ4v) is 4.04. The van der Waals surface area contributed by atoms with Crippen molar-refractivity contribution in [3.8, 4) is 17.1 Å². The normalized spacial score (nSPS) is 11.5. The van der Waals surface area contributed by atoms with Gasteiger partial charge in [0.1, 0.15) is 5.69 Å². The minimum Gasteiger partial charge on any atom is -0.406 e. The predicted molar refractivity (Wildman–Crippen MR) is 142 cm³/mol. The van der Waals surface area contributed by atoms with E-state index in [1.807, 2.05) is 98.1 Å². The molecule has 0 bridgehead atoms. The smallest absolute Gasteiger partial charge is 0.317 e. The van der Waals surface area contributed by atoms with Crippen LogP contribution in [0.5, 0.6) is 5.88 Å². The Morgan fingerprint density at radius 3 is 1.83 bits per heavy atom. The number of ether oxygens (including phenoxy) is 1. The molecule has 0 spiro atoms. The molecule has 0 saturated carbocycles. The van der Waals surface area contributed by atoms with E-state index in [4.69, 9.17) is 14.7 Å². The largest absolute Gasteiger partial charge is 0.406 e. The second kappa shape index (κ2) is 9.78. The molecule has 0 aliphatic carbocycles. The maximum Gasteiger partial charge on any atom is 0.317 e. The molecule has 0 radical (unpaired) electrons. The second-order valence-electron chi connectivity index (χ2n) is 9.96. The lowest BCUT2D eigenvalue weighted by atomic mass is 9.97. The van der Waals surface area contributed by atoms with Crippen molar-refractivity contribution in [2.24, 2.45) is 5.41 Å². The highest BCUT2D eigenvalue weighted by atomic mass is 16.5. The van der Waals surface area contributed by atoms with Gasteiger partial charge >= 0.3 is 5.97 Å². The van der Waals surface area contributed by atoms with Crippen LogP contribution in [0, 0.1) is 5.41 Å². The Bertz CT molecular complexity index is 1490. The molecule has 0 fully saturated rings. The molecule has 0 atom stereocenters. The van der Waals surface area contributed by atoms with E-state index < -0.39 is 5.41 Å². The Hall–Kier alpha value is -4.25. The predicted octanol–water partition coefficient (Wildman–Crippen LogP) is 6.53. The van der Waals surface area contributed by atoms with E-state index in [9.17, 15) is 4.79 Å². The van der Waals surface area contributed by atoms with Crippen molar-refractivity contribution in [2.75, 3.05) is 0 Å². The zero-order valence-electron chi connectivity index (χ0n) is 20.8. The monoisotopic (exact) mass is 475 g/mol. The summed E-state index contributed by atoms with van der Waals surface area (Å²) >= 11 is 0. The average Bonchev–Trinajstić information content (AvgIpc) is 3.22. The fourth-order valence-electron chi connectivity index (χ4n) is 4.04. The van der Waals surface area contributed by atoms with Crippen LogP contribution in [0.25, 0.3) is 16.9 Å². The first-order valence-electron chi connectivity index (χ1n) is 12.1. The molecule has 3 aromatic carbocycles. The number of carbonyl (C=O) groups is 1. The lowest BCUT2D eigenvalue weighted by Gasteiger charge is -2.17. The number of rotatable bonds is 6. The van der Waals surface area contributed by atoms with Crippen LogP contribution in [0.4, 0.5) is 0 Å². The van der Waals surface area contributed by atoms with Gasteiger partial charge in [0, 0.05) is 24.6 Å². The third-order valence-electron chi connectivity index (χ3n) is 6.00. The van der Waals surface area contributed by atoms with Gasteiger partial charge in [0.2, 0.25) is 5.88 Å². The van der Waals surface area contributed by atoms with Gasteiger partial charge in [-0.2, -0.15) is 0 Å². The Morgan fingerprint density at radius 1 is 0.750 bits per heavy atom. The van der Waals surface area contributed by atoms with Gasteiger partial charge < -0.3 is 4.74 Å². The zero-order valence-corrected chi connectivity index (χ0v) is 20.8. The first kappa shape index (κ1) is 23.5. The van der Waals surface area contributed by atoms with Crippen LogP contribution in [0.3, 0.4) is 0 Å².